The average Bonchev–Trinajstić information content (AvgIpc) is 2.77. The largest absolute Gasteiger partial charge is 0.130 e. The Morgan fingerprint density at radius 3 is 2.10 bits per heavy atom. The average molecular weight is 445 g/mol. The summed E-state index contributed by atoms with van der Waals surface area (Å²) in [6.07, 6.45) is 13.7. The van der Waals surface area contributed by atoms with Gasteiger partial charge in [0, 0.05) is 9.70 Å². The Hall–Kier alpha value is 0.950. The first kappa shape index (κ1) is 19.0. The van der Waals surface area contributed by atoms with E-state index in [0.717, 1.165) is 8.81 Å². The maximum Gasteiger partial charge on any atom is 0.0887 e. The molecule has 0 fully saturated rings. The maximum absolute atomic E-state index is 6.07. The SMILES string of the molecule is CCCCCCCCCCCC(Br)c1cc(Cl)c(Br)s1. The first-order valence-electron chi connectivity index (χ1n) is 7.74. The van der Waals surface area contributed by atoms with Crippen LogP contribution in [-0.4, -0.2) is 0 Å². The van der Waals surface area contributed by atoms with Gasteiger partial charge >= 0.3 is 0 Å². The van der Waals surface area contributed by atoms with Crippen LogP contribution in [0.3, 0.4) is 0 Å². The third-order valence-corrected chi connectivity index (χ3v) is 7.38. The van der Waals surface area contributed by atoms with Gasteiger partial charge in [0.05, 0.1) is 8.81 Å². The maximum atomic E-state index is 6.07. The second-order valence-corrected chi connectivity index (χ2v) is 9.27. The van der Waals surface area contributed by atoms with Gasteiger partial charge in [-0.25, -0.2) is 0 Å². The van der Waals surface area contributed by atoms with Gasteiger partial charge in [0.15, 0.2) is 0 Å². The molecule has 20 heavy (non-hydrogen) atoms. The molecule has 0 amide bonds. The number of rotatable bonds is 11. The summed E-state index contributed by atoms with van der Waals surface area (Å²) in [4.78, 5) is 1.79. The molecule has 0 saturated carbocycles. The molecule has 0 bridgehead atoms. The molecule has 0 spiro atoms. The Bertz CT molecular complexity index is 346. The smallest absolute Gasteiger partial charge is 0.0887 e. The molecule has 1 rings (SSSR count). The molecule has 0 aliphatic rings. The summed E-state index contributed by atoms with van der Waals surface area (Å²) in [5.41, 5.74) is 0. The Kier molecular flexibility index (Phi) is 10.9. The molecular weight excluding hydrogens is 420 g/mol. The molecule has 0 aromatic carbocycles. The van der Waals surface area contributed by atoms with Crippen molar-refractivity contribution in [2.45, 2.75) is 76.0 Å². The van der Waals surface area contributed by atoms with Crippen molar-refractivity contribution in [3.8, 4) is 0 Å². The fourth-order valence-corrected chi connectivity index (χ4v) is 4.79. The highest BCUT2D eigenvalue weighted by Crippen LogP contribution is 2.40. The molecule has 1 aromatic rings. The molecule has 1 aromatic heterocycles. The van der Waals surface area contributed by atoms with E-state index in [1.165, 1.54) is 69.1 Å². The normalized spacial score (nSPS) is 12.8. The van der Waals surface area contributed by atoms with Gasteiger partial charge < -0.3 is 0 Å². The molecule has 0 N–H and O–H groups in total. The van der Waals surface area contributed by atoms with Gasteiger partial charge in [-0.3, -0.25) is 0 Å². The lowest BCUT2D eigenvalue weighted by molar-refractivity contribution is 0.556. The van der Waals surface area contributed by atoms with Gasteiger partial charge in [0.2, 0.25) is 0 Å². The minimum absolute atomic E-state index is 0.459. The molecular formula is C16H25Br2ClS. The summed E-state index contributed by atoms with van der Waals surface area (Å²) in [5, 5.41) is 0.835. The highest BCUT2D eigenvalue weighted by Gasteiger charge is 2.12. The van der Waals surface area contributed by atoms with Crippen LogP contribution < -0.4 is 0 Å². The number of alkyl halides is 1. The molecule has 0 aliphatic heterocycles. The van der Waals surface area contributed by atoms with Crippen molar-refractivity contribution < 1.29 is 0 Å². The van der Waals surface area contributed by atoms with E-state index >= 15 is 0 Å². The number of unbranched alkanes of at least 4 members (excludes halogenated alkanes) is 8. The second-order valence-electron chi connectivity index (χ2n) is 5.36. The summed E-state index contributed by atoms with van der Waals surface area (Å²) in [7, 11) is 0. The van der Waals surface area contributed by atoms with Crippen molar-refractivity contribution >= 4 is 54.8 Å². The van der Waals surface area contributed by atoms with Gasteiger partial charge in [-0.1, -0.05) is 92.2 Å². The summed E-state index contributed by atoms with van der Waals surface area (Å²) in [6, 6.07) is 2.07. The van der Waals surface area contributed by atoms with Gasteiger partial charge in [-0.05, 0) is 28.4 Å². The molecule has 116 valence electrons. The Morgan fingerprint density at radius 2 is 1.60 bits per heavy atom. The zero-order chi connectivity index (χ0) is 14.8. The van der Waals surface area contributed by atoms with Gasteiger partial charge in [-0.2, -0.15) is 0 Å². The summed E-state index contributed by atoms with van der Waals surface area (Å²) in [5.74, 6) is 0. The van der Waals surface area contributed by atoms with Gasteiger partial charge in [-0.15, -0.1) is 11.3 Å². The van der Waals surface area contributed by atoms with Crippen LogP contribution in [0.5, 0.6) is 0 Å². The van der Waals surface area contributed by atoms with Crippen LogP contribution in [-0.2, 0) is 0 Å². The number of hydrogen-bond donors (Lipinski definition) is 0. The van der Waals surface area contributed by atoms with Crippen LogP contribution in [0.25, 0.3) is 0 Å². The van der Waals surface area contributed by atoms with E-state index in [4.69, 9.17) is 11.6 Å². The predicted molar refractivity (Wildman–Crippen MR) is 101 cm³/mol. The van der Waals surface area contributed by atoms with Crippen molar-refractivity contribution in [1.29, 1.82) is 0 Å². The number of halogens is 3. The van der Waals surface area contributed by atoms with Crippen molar-refractivity contribution in [3.05, 3.63) is 19.8 Å². The van der Waals surface area contributed by atoms with E-state index in [1.807, 2.05) is 0 Å². The topological polar surface area (TPSA) is 0 Å². The highest BCUT2D eigenvalue weighted by molar-refractivity contribution is 9.11. The zero-order valence-corrected chi connectivity index (χ0v) is 17.0. The van der Waals surface area contributed by atoms with Crippen LogP contribution in [0.1, 0.15) is 80.8 Å². The molecule has 1 heterocycles. The predicted octanol–water partition coefficient (Wildman–Crippen LogP) is 8.52. The van der Waals surface area contributed by atoms with Crippen molar-refractivity contribution in [2.24, 2.45) is 0 Å². The van der Waals surface area contributed by atoms with E-state index < -0.39 is 0 Å². The first-order valence-corrected chi connectivity index (χ1v) is 10.6. The number of thiophene rings is 1. The van der Waals surface area contributed by atoms with Gasteiger partial charge in [0.1, 0.15) is 0 Å². The quantitative estimate of drug-likeness (QED) is 0.237. The first-order chi connectivity index (χ1) is 9.65. The van der Waals surface area contributed by atoms with Crippen LogP contribution in [0.15, 0.2) is 9.85 Å². The van der Waals surface area contributed by atoms with Crippen LogP contribution in [0.2, 0.25) is 5.02 Å². The fourth-order valence-electron chi connectivity index (χ4n) is 2.29. The zero-order valence-electron chi connectivity index (χ0n) is 12.3. The summed E-state index contributed by atoms with van der Waals surface area (Å²) < 4.78 is 1.05. The van der Waals surface area contributed by atoms with E-state index in [9.17, 15) is 0 Å². The lowest BCUT2D eigenvalue weighted by atomic mass is 10.1. The minimum Gasteiger partial charge on any atom is -0.130 e. The van der Waals surface area contributed by atoms with E-state index in [-0.39, 0.29) is 0 Å². The van der Waals surface area contributed by atoms with E-state index in [2.05, 4.69) is 44.8 Å². The van der Waals surface area contributed by atoms with Crippen LogP contribution in [0.4, 0.5) is 0 Å². The lowest BCUT2D eigenvalue weighted by Crippen LogP contribution is -1.87. The Balaban J connectivity index is 2.01. The highest BCUT2D eigenvalue weighted by atomic mass is 79.9. The Morgan fingerprint density at radius 1 is 1.05 bits per heavy atom. The minimum atomic E-state index is 0.459. The summed E-state index contributed by atoms with van der Waals surface area (Å²) >= 11 is 15.1. The van der Waals surface area contributed by atoms with Crippen molar-refractivity contribution in [2.75, 3.05) is 0 Å². The second kappa shape index (κ2) is 11.5. The standard InChI is InChI=1S/C16H25Br2ClS/c1-2-3-4-5-6-7-8-9-10-11-13(17)15-12-14(19)16(18)20-15/h12-13H,2-11H2,1H3. The fraction of sp³-hybridized carbons (Fsp3) is 0.750. The Labute approximate surface area is 149 Å². The van der Waals surface area contributed by atoms with Crippen molar-refractivity contribution in [3.63, 3.8) is 0 Å². The van der Waals surface area contributed by atoms with E-state index in [1.54, 1.807) is 11.3 Å². The monoisotopic (exact) mass is 442 g/mol. The molecule has 1 atom stereocenters. The molecule has 0 aliphatic carbocycles. The molecule has 0 radical (unpaired) electrons. The molecule has 0 nitrogen and oxygen atoms in total. The van der Waals surface area contributed by atoms with Crippen molar-refractivity contribution in [1.82, 2.24) is 0 Å². The van der Waals surface area contributed by atoms with Crippen LogP contribution in [0, 0.1) is 0 Å². The summed E-state index contributed by atoms with van der Waals surface area (Å²) in [6.45, 7) is 2.27. The third-order valence-electron chi connectivity index (χ3n) is 3.53. The third kappa shape index (κ3) is 7.82. The van der Waals surface area contributed by atoms with Crippen LogP contribution >= 0.6 is 54.8 Å². The molecule has 0 saturated heterocycles. The number of hydrogen-bond acceptors (Lipinski definition) is 1. The molecule has 4 heteroatoms. The lowest BCUT2D eigenvalue weighted by Gasteiger charge is -2.07. The molecule has 1 unspecified atom stereocenters. The van der Waals surface area contributed by atoms with Gasteiger partial charge in [0.25, 0.3) is 0 Å². The van der Waals surface area contributed by atoms with E-state index in [0.29, 0.717) is 4.83 Å².